The summed E-state index contributed by atoms with van der Waals surface area (Å²) in [7, 11) is 0. The lowest BCUT2D eigenvalue weighted by atomic mass is 9.86. The minimum Gasteiger partial charge on any atom is -0.387 e. The first-order chi connectivity index (χ1) is 7.81. The van der Waals surface area contributed by atoms with Crippen LogP contribution in [0.5, 0.6) is 0 Å². The first kappa shape index (κ1) is 14.5. The van der Waals surface area contributed by atoms with Crippen LogP contribution in [0.15, 0.2) is 0 Å². The van der Waals surface area contributed by atoms with Crippen LogP contribution in [0.4, 0.5) is 0 Å². The van der Waals surface area contributed by atoms with Crippen molar-refractivity contribution in [2.45, 2.75) is 52.7 Å². The third kappa shape index (κ3) is 4.64. The average Bonchev–Trinajstić information content (AvgIpc) is 2.15. The van der Waals surface area contributed by atoms with Crippen molar-refractivity contribution in [1.82, 2.24) is 4.90 Å². The largest absolute Gasteiger partial charge is 0.387 e. The maximum atomic E-state index is 7.53. The number of rotatable bonds is 5. The van der Waals surface area contributed by atoms with Gasteiger partial charge >= 0.3 is 0 Å². The molecule has 2 atom stereocenters. The highest BCUT2D eigenvalue weighted by Crippen LogP contribution is 2.22. The van der Waals surface area contributed by atoms with Crippen LogP contribution in [0.25, 0.3) is 0 Å². The fourth-order valence-corrected chi connectivity index (χ4v) is 2.35. The maximum Gasteiger partial charge on any atom is 0.0963 e. The molecule has 100 valence electrons. The molecule has 0 aromatic rings. The Hall–Kier alpha value is -0.610. The Bertz CT molecular complexity index is 255. The second-order valence-electron chi connectivity index (χ2n) is 5.92. The molecule has 0 amide bonds. The van der Waals surface area contributed by atoms with E-state index in [1.807, 2.05) is 13.8 Å². The Morgan fingerprint density at radius 3 is 2.35 bits per heavy atom. The summed E-state index contributed by atoms with van der Waals surface area (Å²) in [6, 6.07) is 0. The summed E-state index contributed by atoms with van der Waals surface area (Å²) in [6.45, 7) is 11.5. The van der Waals surface area contributed by atoms with Gasteiger partial charge < -0.3 is 10.5 Å². The molecule has 1 aliphatic rings. The molecule has 1 aliphatic heterocycles. The highest BCUT2D eigenvalue weighted by Gasteiger charge is 2.24. The van der Waals surface area contributed by atoms with Crippen molar-refractivity contribution < 1.29 is 4.74 Å². The summed E-state index contributed by atoms with van der Waals surface area (Å²) in [5.74, 6) is 0.293. The molecule has 4 nitrogen and oxygen atoms in total. The highest BCUT2D eigenvalue weighted by molar-refractivity contribution is 5.82. The van der Waals surface area contributed by atoms with Crippen molar-refractivity contribution in [2.75, 3.05) is 19.6 Å². The van der Waals surface area contributed by atoms with Crippen molar-refractivity contribution in [2.24, 2.45) is 11.1 Å². The molecule has 1 fully saturated rings. The Morgan fingerprint density at radius 1 is 1.35 bits per heavy atom. The van der Waals surface area contributed by atoms with Crippen molar-refractivity contribution in [1.29, 1.82) is 5.41 Å². The standard InChI is InChI=1S/C13H27N3O/c1-10-8-16(9-11(2)17-10)7-5-6-13(3,4)12(14)15/h10-11H,5-9H2,1-4H3,(H3,14,15). The molecular formula is C13H27N3O. The van der Waals surface area contributed by atoms with Crippen LogP contribution in [0.2, 0.25) is 0 Å². The van der Waals surface area contributed by atoms with Gasteiger partial charge in [-0.05, 0) is 33.2 Å². The SMILES string of the molecule is CC1CN(CCCC(C)(C)C(=N)N)CC(C)O1. The quantitative estimate of drug-likeness (QED) is 0.570. The summed E-state index contributed by atoms with van der Waals surface area (Å²) >= 11 is 0. The van der Waals surface area contributed by atoms with E-state index < -0.39 is 0 Å². The Labute approximate surface area is 105 Å². The molecule has 3 N–H and O–H groups in total. The summed E-state index contributed by atoms with van der Waals surface area (Å²) in [4.78, 5) is 2.45. The molecule has 0 aromatic carbocycles. The number of nitrogens with zero attached hydrogens (tertiary/aromatic N) is 1. The van der Waals surface area contributed by atoms with Gasteiger partial charge in [0.15, 0.2) is 0 Å². The summed E-state index contributed by atoms with van der Waals surface area (Å²) < 4.78 is 5.71. The van der Waals surface area contributed by atoms with Gasteiger partial charge in [-0.15, -0.1) is 0 Å². The molecule has 1 rings (SSSR count). The van der Waals surface area contributed by atoms with Crippen LogP contribution in [0.3, 0.4) is 0 Å². The Kier molecular flexibility index (Phi) is 4.95. The van der Waals surface area contributed by atoms with Gasteiger partial charge in [-0.2, -0.15) is 0 Å². The van der Waals surface area contributed by atoms with Crippen LogP contribution in [-0.2, 0) is 4.74 Å². The van der Waals surface area contributed by atoms with E-state index in [0.29, 0.717) is 18.0 Å². The first-order valence-electron chi connectivity index (χ1n) is 6.53. The number of nitrogens with one attached hydrogen (secondary N) is 1. The van der Waals surface area contributed by atoms with Gasteiger partial charge in [-0.3, -0.25) is 10.3 Å². The topological polar surface area (TPSA) is 62.3 Å². The molecule has 1 heterocycles. The van der Waals surface area contributed by atoms with Crippen LogP contribution in [0, 0.1) is 10.8 Å². The molecule has 4 heteroatoms. The summed E-state index contributed by atoms with van der Waals surface area (Å²) in [5.41, 5.74) is 5.42. The number of ether oxygens (including phenoxy) is 1. The third-order valence-corrected chi connectivity index (χ3v) is 3.50. The molecule has 2 unspecified atom stereocenters. The molecule has 0 radical (unpaired) electrons. The lowest BCUT2D eigenvalue weighted by Gasteiger charge is -2.35. The summed E-state index contributed by atoms with van der Waals surface area (Å²) in [6.07, 6.45) is 2.73. The molecule has 0 bridgehead atoms. The van der Waals surface area contributed by atoms with Gasteiger partial charge in [0, 0.05) is 18.5 Å². The predicted molar refractivity (Wildman–Crippen MR) is 71.4 cm³/mol. The molecular weight excluding hydrogens is 214 g/mol. The Balaban J connectivity index is 2.29. The molecule has 0 aromatic heterocycles. The third-order valence-electron chi connectivity index (χ3n) is 3.50. The fraction of sp³-hybridized carbons (Fsp3) is 0.923. The minimum absolute atomic E-state index is 0.163. The van der Waals surface area contributed by atoms with E-state index in [4.69, 9.17) is 15.9 Å². The fourth-order valence-electron chi connectivity index (χ4n) is 2.35. The summed E-state index contributed by atoms with van der Waals surface area (Å²) in [5, 5.41) is 7.53. The molecule has 17 heavy (non-hydrogen) atoms. The first-order valence-corrected chi connectivity index (χ1v) is 6.53. The van der Waals surface area contributed by atoms with Crippen LogP contribution in [-0.4, -0.2) is 42.6 Å². The zero-order valence-electron chi connectivity index (χ0n) is 11.6. The zero-order valence-corrected chi connectivity index (χ0v) is 11.6. The van der Waals surface area contributed by atoms with Gasteiger partial charge in [0.1, 0.15) is 0 Å². The second-order valence-corrected chi connectivity index (χ2v) is 5.92. The number of morpholine rings is 1. The molecule has 0 saturated carbocycles. The number of hydrogen-bond acceptors (Lipinski definition) is 3. The van der Waals surface area contributed by atoms with E-state index in [1.54, 1.807) is 0 Å². The normalized spacial score (nSPS) is 27.1. The van der Waals surface area contributed by atoms with Gasteiger partial charge in [0.25, 0.3) is 0 Å². The van der Waals surface area contributed by atoms with Gasteiger partial charge in [-0.25, -0.2) is 0 Å². The van der Waals surface area contributed by atoms with Crippen molar-refractivity contribution in [3.05, 3.63) is 0 Å². The van der Waals surface area contributed by atoms with Crippen molar-refractivity contribution >= 4 is 5.84 Å². The number of nitrogens with two attached hydrogens (primary N) is 1. The van der Waals surface area contributed by atoms with Crippen molar-refractivity contribution in [3.63, 3.8) is 0 Å². The van der Waals surface area contributed by atoms with Gasteiger partial charge in [-0.1, -0.05) is 13.8 Å². The molecule has 0 aliphatic carbocycles. The van der Waals surface area contributed by atoms with Gasteiger partial charge in [0.2, 0.25) is 0 Å². The van der Waals surface area contributed by atoms with Crippen LogP contribution < -0.4 is 5.73 Å². The van der Waals surface area contributed by atoms with E-state index in [2.05, 4.69) is 18.7 Å². The van der Waals surface area contributed by atoms with E-state index in [1.165, 1.54) is 0 Å². The average molecular weight is 241 g/mol. The lowest BCUT2D eigenvalue weighted by molar-refractivity contribution is -0.0684. The zero-order chi connectivity index (χ0) is 13.1. The predicted octanol–water partition coefficient (Wildman–Crippen LogP) is 1.84. The second kappa shape index (κ2) is 5.83. The number of amidine groups is 1. The molecule has 1 saturated heterocycles. The van der Waals surface area contributed by atoms with Crippen LogP contribution >= 0.6 is 0 Å². The number of hydrogen-bond donors (Lipinski definition) is 2. The monoisotopic (exact) mass is 241 g/mol. The van der Waals surface area contributed by atoms with Crippen molar-refractivity contribution in [3.8, 4) is 0 Å². The lowest BCUT2D eigenvalue weighted by Crippen LogP contribution is -2.45. The molecule has 0 spiro atoms. The van der Waals surface area contributed by atoms with Crippen LogP contribution in [0.1, 0.15) is 40.5 Å². The maximum absolute atomic E-state index is 7.53. The van der Waals surface area contributed by atoms with E-state index in [0.717, 1.165) is 32.5 Å². The van der Waals surface area contributed by atoms with Gasteiger partial charge in [0.05, 0.1) is 18.0 Å². The van der Waals surface area contributed by atoms with E-state index in [-0.39, 0.29) is 5.41 Å². The van der Waals surface area contributed by atoms with E-state index >= 15 is 0 Å². The van der Waals surface area contributed by atoms with E-state index in [9.17, 15) is 0 Å². The Morgan fingerprint density at radius 2 is 1.88 bits per heavy atom. The minimum atomic E-state index is -0.163. The smallest absolute Gasteiger partial charge is 0.0963 e. The highest BCUT2D eigenvalue weighted by atomic mass is 16.5.